The fourth-order valence-electron chi connectivity index (χ4n) is 1.13. The molecule has 0 radical (unpaired) electrons. The third kappa shape index (κ3) is 2.28. The number of rotatable bonds is 2. The maximum atomic E-state index is 4.13. The second kappa shape index (κ2) is 4.04. The van der Waals surface area contributed by atoms with Crippen LogP contribution in [0.25, 0.3) is 5.57 Å². The lowest BCUT2D eigenvalue weighted by molar-refractivity contribution is 1.41. The summed E-state index contributed by atoms with van der Waals surface area (Å²) < 4.78 is 0. The molecule has 0 saturated carbocycles. The van der Waals surface area contributed by atoms with Crippen LogP contribution < -0.4 is 0 Å². The SMILES string of the molecule is C=C(C)c1ccc(/C(C)=N/C)cc1. The summed E-state index contributed by atoms with van der Waals surface area (Å²) >= 11 is 0. The lowest BCUT2D eigenvalue weighted by Gasteiger charge is -2.02. The largest absolute Gasteiger partial charge is 0.293 e. The van der Waals surface area contributed by atoms with Crippen molar-refractivity contribution < 1.29 is 0 Å². The smallest absolute Gasteiger partial charge is 0.0386 e. The summed E-state index contributed by atoms with van der Waals surface area (Å²) in [6.07, 6.45) is 0. The average molecular weight is 173 g/mol. The van der Waals surface area contributed by atoms with Crippen LogP contribution in [-0.4, -0.2) is 12.8 Å². The van der Waals surface area contributed by atoms with Gasteiger partial charge in [0.15, 0.2) is 0 Å². The molecule has 0 atom stereocenters. The third-order valence-corrected chi connectivity index (χ3v) is 2.13. The zero-order valence-electron chi connectivity index (χ0n) is 8.46. The maximum absolute atomic E-state index is 4.13. The fraction of sp³-hybridized carbons (Fsp3) is 0.250. The van der Waals surface area contributed by atoms with E-state index in [-0.39, 0.29) is 0 Å². The number of allylic oxidation sites excluding steroid dienone is 1. The molecular formula is C12H15N. The van der Waals surface area contributed by atoms with Gasteiger partial charge >= 0.3 is 0 Å². The molecule has 1 rings (SSSR count). The topological polar surface area (TPSA) is 12.4 Å². The van der Waals surface area contributed by atoms with E-state index < -0.39 is 0 Å². The van der Waals surface area contributed by atoms with Gasteiger partial charge in [0.1, 0.15) is 0 Å². The Morgan fingerprint density at radius 3 is 1.92 bits per heavy atom. The summed E-state index contributed by atoms with van der Waals surface area (Å²) in [4.78, 5) is 4.13. The highest BCUT2D eigenvalue weighted by atomic mass is 14.7. The van der Waals surface area contributed by atoms with Gasteiger partial charge in [0.05, 0.1) is 0 Å². The van der Waals surface area contributed by atoms with Crippen molar-refractivity contribution >= 4 is 11.3 Å². The monoisotopic (exact) mass is 173 g/mol. The predicted octanol–water partition coefficient (Wildman–Crippen LogP) is 3.16. The highest BCUT2D eigenvalue weighted by molar-refractivity contribution is 5.98. The molecule has 1 nitrogen and oxygen atoms in total. The van der Waals surface area contributed by atoms with Crippen LogP contribution in [0.4, 0.5) is 0 Å². The molecule has 0 fully saturated rings. The molecule has 0 N–H and O–H groups in total. The van der Waals surface area contributed by atoms with Gasteiger partial charge in [-0.25, -0.2) is 0 Å². The van der Waals surface area contributed by atoms with Crippen molar-refractivity contribution in [1.82, 2.24) is 0 Å². The fourth-order valence-corrected chi connectivity index (χ4v) is 1.13. The number of aliphatic imine (C=N–C) groups is 1. The van der Waals surface area contributed by atoms with Crippen LogP contribution in [0.3, 0.4) is 0 Å². The van der Waals surface area contributed by atoms with Crippen molar-refractivity contribution in [3.8, 4) is 0 Å². The first kappa shape index (κ1) is 9.72. The minimum Gasteiger partial charge on any atom is -0.293 e. The van der Waals surface area contributed by atoms with Crippen LogP contribution in [0.15, 0.2) is 35.8 Å². The third-order valence-electron chi connectivity index (χ3n) is 2.13. The zero-order valence-corrected chi connectivity index (χ0v) is 8.46. The molecule has 1 aromatic carbocycles. The lowest BCUT2D eigenvalue weighted by atomic mass is 10.0. The molecule has 0 aliphatic rings. The highest BCUT2D eigenvalue weighted by Crippen LogP contribution is 2.12. The molecule has 1 heteroatoms. The van der Waals surface area contributed by atoms with E-state index in [1.807, 2.05) is 20.9 Å². The Morgan fingerprint density at radius 2 is 1.54 bits per heavy atom. The van der Waals surface area contributed by atoms with Gasteiger partial charge in [-0.2, -0.15) is 0 Å². The molecule has 0 aliphatic heterocycles. The van der Waals surface area contributed by atoms with Gasteiger partial charge in [-0.15, -0.1) is 0 Å². The summed E-state index contributed by atoms with van der Waals surface area (Å²) in [6.45, 7) is 7.91. The van der Waals surface area contributed by atoms with Crippen molar-refractivity contribution in [3.05, 3.63) is 42.0 Å². The van der Waals surface area contributed by atoms with E-state index >= 15 is 0 Å². The molecule has 0 bridgehead atoms. The summed E-state index contributed by atoms with van der Waals surface area (Å²) in [6, 6.07) is 8.30. The first-order valence-corrected chi connectivity index (χ1v) is 4.35. The number of nitrogens with zero attached hydrogens (tertiary/aromatic N) is 1. The van der Waals surface area contributed by atoms with Crippen molar-refractivity contribution in [2.45, 2.75) is 13.8 Å². The number of hydrogen-bond donors (Lipinski definition) is 0. The molecule has 0 amide bonds. The van der Waals surface area contributed by atoms with Gasteiger partial charge in [0, 0.05) is 12.8 Å². The quantitative estimate of drug-likeness (QED) is 0.609. The molecule has 13 heavy (non-hydrogen) atoms. The van der Waals surface area contributed by atoms with Gasteiger partial charge in [-0.1, -0.05) is 36.4 Å². The highest BCUT2D eigenvalue weighted by Gasteiger charge is 1.96. The van der Waals surface area contributed by atoms with E-state index in [0.717, 1.165) is 11.3 Å². The van der Waals surface area contributed by atoms with Gasteiger partial charge in [-0.3, -0.25) is 4.99 Å². The zero-order chi connectivity index (χ0) is 9.84. The van der Waals surface area contributed by atoms with Crippen LogP contribution in [0.5, 0.6) is 0 Å². The minimum absolute atomic E-state index is 1.06. The molecular weight excluding hydrogens is 158 g/mol. The molecule has 1 aromatic rings. The first-order valence-electron chi connectivity index (χ1n) is 4.35. The summed E-state index contributed by atoms with van der Waals surface area (Å²) in [5, 5.41) is 0. The van der Waals surface area contributed by atoms with Crippen LogP contribution in [-0.2, 0) is 0 Å². The second-order valence-corrected chi connectivity index (χ2v) is 3.17. The average Bonchev–Trinajstić information content (AvgIpc) is 2.17. The summed E-state index contributed by atoms with van der Waals surface area (Å²) in [5.41, 5.74) is 4.52. The molecule has 0 aliphatic carbocycles. The Morgan fingerprint density at radius 1 is 1.08 bits per heavy atom. The minimum atomic E-state index is 1.06. The first-order chi connectivity index (χ1) is 6.15. The second-order valence-electron chi connectivity index (χ2n) is 3.17. The van der Waals surface area contributed by atoms with Gasteiger partial charge in [-0.05, 0) is 25.0 Å². The molecule has 68 valence electrons. The van der Waals surface area contributed by atoms with Crippen molar-refractivity contribution in [1.29, 1.82) is 0 Å². The standard InChI is InChI=1S/C12H15N/c1-9(2)11-5-7-12(8-6-11)10(3)13-4/h5-8H,1H2,2-4H3/b13-10+. The summed E-state index contributed by atoms with van der Waals surface area (Å²) in [7, 11) is 1.81. The molecule has 0 unspecified atom stereocenters. The van der Waals surface area contributed by atoms with Crippen LogP contribution in [0.1, 0.15) is 25.0 Å². The Hall–Kier alpha value is -1.37. The Labute approximate surface area is 79.8 Å². The normalized spacial score (nSPS) is 11.5. The van der Waals surface area contributed by atoms with Gasteiger partial charge < -0.3 is 0 Å². The number of benzene rings is 1. The van der Waals surface area contributed by atoms with E-state index in [0.29, 0.717) is 0 Å². The Kier molecular flexibility index (Phi) is 3.02. The molecule has 0 spiro atoms. The van der Waals surface area contributed by atoms with Crippen molar-refractivity contribution in [2.75, 3.05) is 7.05 Å². The molecule has 0 heterocycles. The van der Waals surface area contributed by atoms with Crippen molar-refractivity contribution in [2.24, 2.45) is 4.99 Å². The van der Waals surface area contributed by atoms with E-state index in [1.165, 1.54) is 11.1 Å². The Balaban J connectivity index is 3.00. The van der Waals surface area contributed by atoms with E-state index in [4.69, 9.17) is 0 Å². The molecule has 0 saturated heterocycles. The Bertz CT molecular complexity index is 331. The molecule has 0 aromatic heterocycles. The van der Waals surface area contributed by atoms with Gasteiger partial charge in [0.25, 0.3) is 0 Å². The predicted molar refractivity (Wildman–Crippen MR) is 59.3 cm³/mol. The van der Waals surface area contributed by atoms with E-state index in [1.54, 1.807) is 0 Å². The van der Waals surface area contributed by atoms with Crippen LogP contribution in [0, 0.1) is 0 Å². The van der Waals surface area contributed by atoms with Crippen LogP contribution >= 0.6 is 0 Å². The van der Waals surface area contributed by atoms with Crippen LogP contribution in [0.2, 0.25) is 0 Å². The summed E-state index contributed by atoms with van der Waals surface area (Å²) in [5.74, 6) is 0. The number of hydrogen-bond acceptors (Lipinski definition) is 1. The maximum Gasteiger partial charge on any atom is 0.0386 e. The van der Waals surface area contributed by atoms with Gasteiger partial charge in [0.2, 0.25) is 0 Å². The van der Waals surface area contributed by atoms with E-state index in [2.05, 4.69) is 35.8 Å². The lowest BCUT2D eigenvalue weighted by Crippen LogP contribution is -1.93. The van der Waals surface area contributed by atoms with E-state index in [9.17, 15) is 0 Å². The van der Waals surface area contributed by atoms with Crippen molar-refractivity contribution in [3.63, 3.8) is 0 Å².